The molecule has 2 aliphatic rings. The maximum absolute atomic E-state index is 13.4. The zero-order valence-electron chi connectivity index (χ0n) is 19.6. The van der Waals surface area contributed by atoms with Crippen molar-refractivity contribution in [1.82, 2.24) is 5.32 Å². The van der Waals surface area contributed by atoms with Crippen molar-refractivity contribution in [3.8, 4) is 0 Å². The number of carbonyl (C=O) groups is 1. The van der Waals surface area contributed by atoms with E-state index in [0.29, 0.717) is 35.9 Å². The molecule has 0 radical (unpaired) electrons. The second-order valence-corrected chi connectivity index (χ2v) is 11.6. The first-order valence-corrected chi connectivity index (χ1v) is 14.0. The lowest BCUT2D eigenvalue weighted by atomic mass is 9.94. The Labute approximate surface area is 203 Å². The van der Waals surface area contributed by atoms with E-state index in [9.17, 15) is 19.0 Å². The van der Waals surface area contributed by atoms with Crippen molar-refractivity contribution in [2.75, 3.05) is 23.1 Å². The Bertz CT molecular complexity index is 966. The van der Waals surface area contributed by atoms with Gasteiger partial charge in [0.05, 0.1) is 23.6 Å². The van der Waals surface area contributed by atoms with Crippen LogP contribution in [0.3, 0.4) is 0 Å². The Morgan fingerprint density at radius 2 is 1.82 bits per heavy atom. The highest BCUT2D eigenvalue weighted by molar-refractivity contribution is 8.25. The molecule has 8 heteroatoms. The van der Waals surface area contributed by atoms with Gasteiger partial charge in [-0.15, -0.1) is 10.8 Å². The molecule has 7 nitrogen and oxygen atoms in total. The zero-order valence-corrected chi connectivity index (χ0v) is 20.4. The van der Waals surface area contributed by atoms with Crippen molar-refractivity contribution in [1.29, 1.82) is 0 Å². The maximum Gasteiger partial charge on any atom is 0.251 e. The number of rotatable bonds is 8. The van der Waals surface area contributed by atoms with E-state index in [1.807, 2.05) is 42.5 Å². The predicted octanol–water partition coefficient (Wildman–Crippen LogP) is 4.27. The lowest BCUT2D eigenvalue weighted by molar-refractivity contribution is 0.0845. The summed E-state index contributed by atoms with van der Waals surface area (Å²) in [5.41, 5.74) is 8.97. The van der Waals surface area contributed by atoms with Gasteiger partial charge >= 0.3 is 0 Å². The summed E-state index contributed by atoms with van der Waals surface area (Å²) in [5, 5.41) is 13.5. The van der Waals surface area contributed by atoms with Crippen molar-refractivity contribution in [3.05, 3.63) is 65.2 Å². The van der Waals surface area contributed by atoms with Gasteiger partial charge in [0.15, 0.2) is 0 Å². The third kappa shape index (κ3) is 5.93. The summed E-state index contributed by atoms with van der Waals surface area (Å²) in [7, 11) is -2.90. The van der Waals surface area contributed by atoms with E-state index in [4.69, 9.17) is 5.73 Å². The number of benzene rings is 2. The minimum Gasteiger partial charge on any atom is -0.390 e. The number of nitrogens with two attached hydrogens (primary N) is 1. The summed E-state index contributed by atoms with van der Waals surface area (Å²) in [6.45, 7) is 0.597. The highest BCUT2D eigenvalue weighted by Gasteiger charge is 2.29. The van der Waals surface area contributed by atoms with Crippen molar-refractivity contribution >= 4 is 22.4 Å². The van der Waals surface area contributed by atoms with Gasteiger partial charge < -0.3 is 16.2 Å². The number of carbonyl (C=O) groups excluding carboxylic acids is 1. The first-order valence-electron chi connectivity index (χ1n) is 12.3. The van der Waals surface area contributed by atoms with Crippen LogP contribution >= 0.6 is 10.8 Å². The largest absolute Gasteiger partial charge is 0.390 e. The van der Waals surface area contributed by atoms with Crippen LogP contribution in [0.2, 0.25) is 0 Å². The number of nitrogens with one attached hydrogen (secondary N) is 1. The molecule has 0 unspecified atom stereocenters. The molecule has 1 saturated heterocycles. The molecule has 4 rings (SSSR count). The van der Waals surface area contributed by atoms with Gasteiger partial charge in [-0.25, -0.2) is 0 Å². The maximum atomic E-state index is 13.4. The minimum atomic E-state index is -2.90. The normalized spacial score (nSPS) is 21.1. The predicted molar refractivity (Wildman–Crippen MR) is 138 cm³/mol. The lowest BCUT2D eigenvalue weighted by Gasteiger charge is -2.47. The van der Waals surface area contributed by atoms with Gasteiger partial charge in [0, 0.05) is 18.7 Å². The number of nitrogens with zero attached hydrogens (tertiary/aromatic N) is 1. The quantitative estimate of drug-likeness (QED) is 0.379. The first kappa shape index (κ1) is 25.0. The van der Waals surface area contributed by atoms with Crippen LogP contribution < -0.4 is 15.4 Å². The molecule has 6 N–H and O–H groups in total. The van der Waals surface area contributed by atoms with Crippen molar-refractivity contribution < 1.29 is 19.0 Å². The van der Waals surface area contributed by atoms with E-state index in [-0.39, 0.29) is 12.5 Å². The van der Waals surface area contributed by atoms with Gasteiger partial charge in [-0.1, -0.05) is 43.2 Å². The molecule has 0 aromatic heterocycles. The number of aliphatic hydroxyl groups is 1. The molecule has 1 aliphatic heterocycles. The Morgan fingerprint density at radius 3 is 2.50 bits per heavy atom. The van der Waals surface area contributed by atoms with Crippen molar-refractivity contribution in [2.45, 2.75) is 63.0 Å². The summed E-state index contributed by atoms with van der Waals surface area (Å²) in [6.07, 6.45) is 5.73. The summed E-state index contributed by atoms with van der Waals surface area (Å²) in [6, 6.07) is 14.9. The van der Waals surface area contributed by atoms with Gasteiger partial charge in [0.25, 0.3) is 5.91 Å². The molecule has 2 aromatic carbocycles. The fourth-order valence-electron chi connectivity index (χ4n) is 5.08. The highest BCUT2D eigenvalue weighted by atomic mass is 32.3. The molecule has 2 fully saturated rings. The van der Waals surface area contributed by atoms with E-state index in [1.165, 1.54) is 0 Å². The fourth-order valence-corrected chi connectivity index (χ4v) is 6.75. The molecule has 1 heterocycles. The summed E-state index contributed by atoms with van der Waals surface area (Å²) in [5.74, 6) is 0.431. The topological polar surface area (TPSA) is 119 Å². The number of amides is 1. The zero-order chi connectivity index (χ0) is 24.1. The standard InChI is InChI=1S/C26H37N3O4S/c27-18-25(30)24(14-19-8-2-1-3-9-19)28-26(31)22-15-21(20-10-4-5-11-20)16-23(17-22)29-12-6-7-13-34(29,32)33/h1-3,8-9,15-17,20,24-25,30,32-33H,4-7,10-14,18,27H2,(H,28,31)/t24-,25+/m0/s1. The molecule has 2 aromatic rings. The number of hydrogen-bond donors (Lipinski definition) is 5. The van der Waals surface area contributed by atoms with Crippen molar-refractivity contribution in [3.63, 3.8) is 0 Å². The van der Waals surface area contributed by atoms with E-state index < -0.39 is 22.9 Å². The van der Waals surface area contributed by atoms with Gasteiger partial charge in [0.2, 0.25) is 0 Å². The van der Waals surface area contributed by atoms with Crippen LogP contribution in [0.5, 0.6) is 0 Å². The fraction of sp³-hybridized carbons (Fsp3) is 0.500. The Hall–Kier alpha value is -2.10. The molecular weight excluding hydrogens is 450 g/mol. The third-order valence-corrected chi connectivity index (χ3v) is 8.96. The first-order chi connectivity index (χ1) is 16.4. The molecule has 0 bridgehead atoms. The van der Waals surface area contributed by atoms with E-state index in [0.717, 1.165) is 49.7 Å². The molecule has 2 atom stereocenters. The second kappa shape index (κ2) is 11.1. The second-order valence-electron chi connectivity index (χ2n) is 9.51. The van der Waals surface area contributed by atoms with Crippen molar-refractivity contribution in [2.24, 2.45) is 5.73 Å². The molecule has 0 spiro atoms. The molecule has 1 amide bonds. The van der Waals surface area contributed by atoms with Crippen LogP contribution in [-0.2, 0) is 6.42 Å². The van der Waals surface area contributed by atoms with Gasteiger partial charge in [-0.2, -0.15) is 0 Å². The number of anilines is 1. The molecule has 1 saturated carbocycles. The Kier molecular flexibility index (Phi) is 8.16. The summed E-state index contributed by atoms with van der Waals surface area (Å²) in [4.78, 5) is 13.4. The van der Waals surface area contributed by atoms with E-state index >= 15 is 0 Å². The smallest absolute Gasteiger partial charge is 0.251 e. The third-order valence-electron chi connectivity index (χ3n) is 7.02. The average molecular weight is 488 g/mol. The highest BCUT2D eigenvalue weighted by Crippen LogP contribution is 2.50. The average Bonchev–Trinajstić information content (AvgIpc) is 3.38. The van der Waals surface area contributed by atoms with Crippen LogP contribution in [0.15, 0.2) is 48.5 Å². The monoisotopic (exact) mass is 487 g/mol. The Morgan fingerprint density at radius 1 is 1.09 bits per heavy atom. The Balaban J connectivity index is 1.63. The molecular formula is C26H37N3O4S. The SMILES string of the molecule is NC[C@@H](O)[C@H](Cc1ccccc1)NC(=O)c1cc(C2CCCC2)cc(N2CCCCS2(O)O)c1. The van der Waals surface area contributed by atoms with E-state index in [1.54, 1.807) is 10.4 Å². The van der Waals surface area contributed by atoms with Crippen LogP contribution in [0.25, 0.3) is 0 Å². The van der Waals surface area contributed by atoms with E-state index in [2.05, 4.69) is 5.32 Å². The van der Waals surface area contributed by atoms with Crippen LogP contribution in [0, 0.1) is 0 Å². The van der Waals surface area contributed by atoms with Crippen LogP contribution in [0.1, 0.15) is 65.9 Å². The summed E-state index contributed by atoms with van der Waals surface area (Å²) >= 11 is 0. The number of hydrogen-bond acceptors (Lipinski definition) is 6. The minimum absolute atomic E-state index is 0.0415. The van der Waals surface area contributed by atoms with Gasteiger partial charge in [-0.05, 0) is 67.3 Å². The van der Waals surface area contributed by atoms with Gasteiger partial charge in [-0.3, -0.25) is 18.2 Å². The van der Waals surface area contributed by atoms with Gasteiger partial charge in [0.1, 0.15) is 0 Å². The van der Waals surface area contributed by atoms with Crippen LogP contribution in [0.4, 0.5) is 5.69 Å². The lowest BCUT2D eigenvalue weighted by Crippen LogP contribution is -2.47. The number of aliphatic hydroxyl groups excluding tert-OH is 1. The van der Waals surface area contributed by atoms with Crippen LogP contribution in [-0.4, -0.2) is 51.1 Å². The molecule has 34 heavy (non-hydrogen) atoms. The summed E-state index contributed by atoms with van der Waals surface area (Å²) < 4.78 is 23.1. The molecule has 1 aliphatic carbocycles. The molecule has 186 valence electrons.